The molecule has 7 rings (SSSR count). The van der Waals surface area contributed by atoms with Gasteiger partial charge in [-0.25, -0.2) is 0 Å². The monoisotopic (exact) mass is 596 g/mol. The van der Waals surface area contributed by atoms with E-state index in [9.17, 15) is 0 Å². The summed E-state index contributed by atoms with van der Waals surface area (Å²) in [5.41, 5.74) is 14.2. The molecule has 0 radical (unpaired) electrons. The average molecular weight is 598 g/mol. The molecule has 0 spiro atoms. The molecule has 1 heterocycles. The fourth-order valence-corrected chi connectivity index (χ4v) is 29.7. The second-order valence-corrected chi connectivity index (χ2v) is 31.3. The first-order valence-corrected chi connectivity index (χ1v) is 24.0. The van der Waals surface area contributed by atoms with E-state index in [0.29, 0.717) is 7.25 Å². The minimum absolute atomic E-state index is 0.554. The van der Waals surface area contributed by atoms with Crippen LogP contribution in [0, 0.1) is 0 Å². The number of hydrogen-bond donors (Lipinski definition) is 0. The van der Waals surface area contributed by atoms with E-state index in [1.54, 1.807) is 22.3 Å². The molecule has 0 N–H and O–H groups in total. The predicted octanol–water partition coefficient (Wildman–Crippen LogP) is 9.26. The van der Waals surface area contributed by atoms with Gasteiger partial charge in [0.15, 0.2) is 0 Å². The van der Waals surface area contributed by atoms with Crippen molar-refractivity contribution in [3.8, 4) is 11.1 Å². The van der Waals surface area contributed by atoms with Crippen LogP contribution >= 0.6 is 0 Å². The van der Waals surface area contributed by atoms with Gasteiger partial charge in [0, 0.05) is 0 Å². The van der Waals surface area contributed by atoms with E-state index in [-0.39, 0.29) is 0 Å². The third-order valence-corrected chi connectivity index (χ3v) is 30.4. The summed E-state index contributed by atoms with van der Waals surface area (Å²) in [4.78, 5) is 4.83. The maximum atomic E-state index is 4.83. The SMILES string of the molecule is CC1=Cc2ccccc2[CH]1[Zr]([CH]1C(c2ccccc2)=Cc2c(-c3cccc4cccnc34)cccc21)[SiH](C)C. The van der Waals surface area contributed by atoms with Crippen LogP contribution in [0.2, 0.25) is 13.1 Å². The number of pyridine rings is 1. The number of para-hydroxylation sites is 1. The predicted molar refractivity (Wildman–Crippen MR) is 166 cm³/mol. The molecule has 0 fully saturated rings. The van der Waals surface area contributed by atoms with Gasteiger partial charge in [-0.15, -0.1) is 0 Å². The zero-order valence-electron chi connectivity index (χ0n) is 22.7. The summed E-state index contributed by atoms with van der Waals surface area (Å²) in [7, 11) is 0. The Morgan fingerprint density at radius 1 is 0.667 bits per heavy atom. The maximum absolute atomic E-state index is 4.83. The number of benzene rings is 4. The number of rotatable bonds is 5. The van der Waals surface area contributed by atoms with E-state index in [1.165, 1.54) is 33.2 Å². The number of nitrogens with zero attached hydrogens (tertiary/aromatic N) is 1. The molecule has 0 bridgehead atoms. The van der Waals surface area contributed by atoms with Crippen LogP contribution in [0.25, 0.3) is 39.8 Å². The van der Waals surface area contributed by atoms with Gasteiger partial charge in [0.25, 0.3) is 0 Å². The van der Waals surface area contributed by atoms with Crippen molar-refractivity contribution in [2.24, 2.45) is 0 Å². The Labute approximate surface area is 240 Å². The standard InChI is InChI=1S/C24H16N.C10H9.C2H7Si.Zr/c1-2-7-17(8-3-1)20-15-19-10-5-12-21(23(19)16-20)22-13-4-9-18-11-6-14-25-24(18)22;1-8-6-9-4-2-3-5-10(9)7-8;1-3-2;/h1-16H;2-7H,1H3;3H,1-2H3;. The van der Waals surface area contributed by atoms with Crippen LogP contribution in [0.1, 0.15) is 42.0 Å². The van der Waals surface area contributed by atoms with Crippen LogP contribution < -0.4 is 0 Å². The van der Waals surface area contributed by atoms with Gasteiger partial charge in [-0.3, -0.25) is 0 Å². The van der Waals surface area contributed by atoms with Crippen LogP contribution in [-0.4, -0.2) is 10.9 Å². The summed E-state index contributed by atoms with van der Waals surface area (Å²) < 4.78 is 1.21. The second kappa shape index (κ2) is 10.1. The molecule has 0 aliphatic heterocycles. The molecule has 0 amide bonds. The summed E-state index contributed by atoms with van der Waals surface area (Å²) in [6.45, 7) is 7.69. The Hall–Kier alpha value is -3.13. The second-order valence-electron chi connectivity index (χ2n) is 11.2. The normalized spacial score (nSPS) is 17.6. The van der Waals surface area contributed by atoms with Crippen LogP contribution in [0.5, 0.6) is 0 Å². The fourth-order valence-electron chi connectivity index (χ4n) is 6.95. The third-order valence-electron chi connectivity index (χ3n) is 8.57. The van der Waals surface area contributed by atoms with Crippen LogP contribution in [-0.2, 0) is 20.9 Å². The van der Waals surface area contributed by atoms with Crippen molar-refractivity contribution in [2.45, 2.75) is 27.3 Å². The molecule has 0 saturated heterocycles. The zero-order valence-corrected chi connectivity index (χ0v) is 26.3. The molecule has 2 aliphatic carbocycles. The molecule has 2 unspecified atom stereocenters. The van der Waals surface area contributed by atoms with Crippen molar-refractivity contribution in [2.75, 3.05) is 0 Å². The number of allylic oxidation sites excluding steroid dienone is 2. The fraction of sp³-hybridized carbons (Fsp3) is 0.139. The first-order valence-electron chi connectivity index (χ1n) is 14.0. The summed E-state index contributed by atoms with van der Waals surface area (Å²) in [5.74, 6) is -0.937. The van der Waals surface area contributed by atoms with Crippen LogP contribution in [0.15, 0.2) is 115 Å². The number of fused-ring (bicyclic) bond motifs is 3. The van der Waals surface area contributed by atoms with Crippen molar-refractivity contribution < 1.29 is 20.9 Å². The van der Waals surface area contributed by atoms with Crippen molar-refractivity contribution in [1.82, 2.24) is 4.98 Å². The van der Waals surface area contributed by atoms with Gasteiger partial charge >= 0.3 is 242 Å². The van der Waals surface area contributed by atoms with E-state index in [2.05, 4.69) is 129 Å². The molecule has 39 heavy (non-hydrogen) atoms. The topological polar surface area (TPSA) is 12.9 Å². The van der Waals surface area contributed by atoms with Gasteiger partial charge in [-0.2, -0.15) is 0 Å². The number of aromatic nitrogens is 1. The van der Waals surface area contributed by atoms with Crippen molar-refractivity contribution >= 4 is 34.6 Å². The van der Waals surface area contributed by atoms with Gasteiger partial charge in [0.1, 0.15) is 0 Å². The van der Waals surface area contributed by atoms with Gasteiger partial charge in [-0.05, 0) is 0 Å². The van der Waals surface area contributed by atoms with Gasteiger partial charge in [0.05, 0.1) is 0 Å². The Kier molecular flexibility index (Phi) is 6.46. The Morgan fingerprint density at radius 3 is 2.23 bits per heavy atom. The van der Waals surface area contributed by atoms with E-state index in [0.717, 1.165) is 5.52 Å². The van der Waals surface area contributed by atoms with E-state index in [4.69, 9.17) is 4.98 Å². The minimum atomic E-state index is -2.15. The van der Waals surface area contributed by atoms with E-state index >= 15 is 0 Å². The van der Waals surface area contributed by atoms with Gasteiger partial charge in [-0.1, -0.05) is 0 Å². The molecule has 4 aromatic carbocycles. The summed E-state index contributed by atoms with van der Waals surface area (Å²) in [5, 5.41) is 1.20. The first kappa shape index (κ1) is 24.9. The molecule has 1 nitrogen and oxygen atoms in total. The summed E-state index contributed by atoms with van der Waals surface area (Å²) in [6.07, 6.45) is 6.97. The molecule has 0 saturated carbocycles. The summed E-state index contributed by atoms with van der Waals surface area (Å²) in [6, 6.07) is 38.3. The Morgan fingerprint density at radius 2 is 1.38 bits per heavy atom. The first-order chi connectivity index (χ1) is 19.1. The molecule has 2 aliphatic rings. The van der Waals surface area contributed by atoms with Crippen molar-refractivity contribution in [1.29, 1.82) is 0 Å². The molecular formula is C36H32NSiZr. The molecular weight excluding hydrogens is 566 g/mol. The molecule has 189 valence electrons. The zero-order chi connectivity index (χ0) is 26.5. The van der Waals surface area contributed by atoms with E-state index in [1.807, 2.05) is 12.3 Å². The molecule has 5 aromatic rings. The number of hydrogen-bond acceptors (Lipinski definition) is 1. The molecule has 3 heteroatoms. The van der Waals surface area contributed by atoms with Gasteiger partial charge in [0.2, 0.25) is 0 Å². The van der Waals surface area contributed by atoms with E-state index < -0.39 is 26.8 Å². The molecule has 1 aromatic heterocycles. The summed E-state index contributed by atoms with van der Waals surface area (Å²) >= 11 is -2.15. The third kappa shape index (κ3) is 4.19. The average Bonchev–Trinajstić information content (AvgIpc) is 3.51. The van der Waals surface area contributed by atoms with Crippen LogP contribution in [0.3, 0.4) is 0 Å². The van der Waals surface area contributed by atoms with Crippen molar-refractivity contribution in [3.05, 3.63) is 143 Å². The van der Waals surface area contributed by atoms with Gasteiger partial charge < -0.3 is 0 Å². The molecule has 2 atom stereocenters. The Balaban J connectivity index is 1.46. The Bertz CT molecular complexity index is 1760. The quantitative estimate of drug-likeness (QED) is 0.184. The van der Waals surface area contributed by atoms with Crippen LogP contribution in [0.4, 0.5) is 0 Å². The van der Waals surface area contributed by atoms with Crippen molar-refractivity contribution in [3.63, 3.8) is 0 Å².